The highest BCUT2D eigenvalue weighted by Gasteiger charge is 2.33. The molecule has 1 aromatic carbocycles. The fourth-order valence-electron chi connectivity index (χ4n) is 1.85. The second kappa shape index (κ2) is 4.66. The van der Waals surface area contributed by atoms with E-state index in [0.29, 0.717) is 10.8 Å². The summed E-state index contributed by atoms with van der Waals surface area (Å²) in [4.78, 5) is 16.4. The van der Waals surface area contributed by atoms with Gasteiger partial charge in [-0.15, -0.1) is 5.10 Å². The normalized spacial score (nSPS) is 14.4. The number of methoxy groups -OCH3 is 1. The van der Waals surface area contributed by atoms with Crippen LogP contribution in [0.15, 0.2) is 24.3 Å². The molecule has 0 atom stereocenters. The molecular weight excluding hydrogens is 266 g/mol. The van der Waals surface area contributed by atoms with Crippen molar-refractivity contribution in [3.63, 3.8) is 0 Å². The Kier molecular flexibility index (Phi) is 2.98. The van der Waals surface area contributed by atoms with Gasteiger partial charge in [-0.3, -0.25) is 4.79 Å². The van der Waals surface area contributed by atoms with Gasteiger partial charge >= 0.3 is 6.01 Å². The summed E-state index contributed by atoms with van der Waals surface area (Å²) in [6, 6.07) is 7.36. The van der Waals surface area contributed by atoms with Crippen molar-refractivity contribution < 1.29 is 9.53 Å². The average Bonchev–Trinajstić information content (AvgIpc) is 3.17. The highest BCUT2D eigenvalue weighted by molar-refractivity contribution is 6.30. The molecule has 1 aliphatic carbocycles. The van der Waals surface area contributed by atoms with Crippen LogP contribution in [0.25, 0.3) is 11.4 Å². The summed E-state index contributed by atoms with van der Waals surface area (Å²) in [5.74, 6) is 0.492. The van der Waals surface area contributed by atoms with Crippen LogP contribution in [0, 0.1) is 5.92 Å². The average molecular weight is 278 g/mol. The van der Waals surface area contributed by atoms with Crippen LogP contribution >= 0.6 is 11.6 Å². The molecule has 19 heavy (non-hydrogen) atoms. The minimum absolute atomic E-state index is 0.0363. The van der Waals surface area contributed by atoms with Crippen LogP contribution in [0.3, 0.4) is 0 Å². The first-order chi connectivity index (χ1) is 9.19. The van der Waals surface area contributed by atoms with Gasteiger partial charge in [0.2, 0.25) is 0 Å². The van der Waals surface area contributed by atoms with Gasteiger partial charge in [0.15, 0.2) is 5.82 Å². The fraction of sp³-hybridized carbons (Fsp3) is 0.308. The van der Waals surface area contributed by atoms with E-state index in [1.54, 1.807) is 12.1 Å². The Bertz CT molecular complexity index is 635. The van der Waals surface area contributed by atoms with Crippen molar-refractivity contribution in [2.24, 2.45) is 5.92 Å². The molecule has 0 amide bonds. The fourth-order valence-corrected chi connectivity index (χ4v) is 2.04. The number of carbonyl (C=O) groups is 1. The molecule has 3 rings (SSSR count). The van der Waals surface area contributed by atoms with Gasteiger partial charge in [0.25, 0.3) is 5.91 Å². The first-order valence-corrected chi connectivity index (χ1v) is 6.38. The van der Waals surface area contributed by atoms with Crippen molar-refractivity contribution >= 4 is 17.5 Å². The van der Waals surface area contributed by atoms with Gasteiger partial charge in [0, 0.05) is 16.5 Å². The SMILES string of the molecule is COc1nc(-c2cccc(Cl)c2)n(C(=O)C2CC2)n1. The number of hydrogen-bond donors (Lipinski definition) is 0. The molecule has 2 aromatic rings. The monoisotopic (exact) mass is 277 g/mol. The summed E-state index contributed by atoms with van der Waals surface area (Å²) in [6.45, 7) is 0. The number of rotatable bonds is 3. The standard InChI is InChI=1S/C13H12ClN3O2/c1-19-13-15-11(9-3-2-4-10(14)7-9)17(16-13)12(18)8-5-6-8/h2-4,7-8H,5-6H2,1H3. The van der Waals surface area contributed by atoms with E-state index in [4.69, 9.17) is 16.3 Å². The predicted octanol–water partition coefficient (Wildman–Crippen LogP) is 2.66. The Balaban J connectivity index is 2.08. The minimum Gasteiger partial charge on any atom is -0.466 e. The third kappa shape index (κ3) is 2.33. The zero-order chi connectivity index (χ0) is 13.4. The molecule has 5 nitrogen and oxygen atoms in total. The molecule has 1 saturated carbocycles. The van der Waals surface area contributed by atoms with E-state index >= 15 is 0 Å². The second-order valence-electron chi connectivity index (χ2n) is 4.46. The molecule has 0 aliphatic heterocycles. The lowest BCUT2D eigenvalue weighted by Crippen LogP contribution is -2.15. The number of nitrogens with zero attached hydrogens (tertiary/aromatic N) is 3. The van der Waals surface area contributed by atoms with Crippen LogP contribution in [0.1, 0.15) is 17.6 Å². The summed E-state index contributed by atoms with van der Waals surface area (Å²) < 4.78 is 6.33. The van der Waals surface area contributed by atoms with E-state index in [2.05, 4.69) is 10.1 Å². The first kappa shape index (κ1) is 12.2. The molecule has 0 bridgehead atoms. The number of aromatic nitrogens is 3. The number of halogens is 1. The van der Waals surface area contributed by atoms with Gasteiger partial charge in [0.1, 0.15) is 0 Å². The smallest absolute Gasteiger partial charge is 0.336 e. The summed E-state index contributed by atoms with van der Waals surface area (Å²) in [6.07, 6.45) is 1.83. The van der Waals surface area contributed by atoms with Crippen molar-refractivity contribution in [3.8, 4) is 17.4 Å². The molecule has 0 radical (unpaired) electrons. The van der Waals surface area contributed by atoms with Crippen LogP contribution < -0.4 is 4.74 Å². The van der Waals surface area contributed by atoms with Crippen molar-refractivity contribution in [3.05, 3.63) is 29.3 Å². The van der Waals surface area contributed by atoms with Gasteiger partial charge in [-0.1, -0.05) is 23.7 Å². The van der Waals surface area contributed by atoms with E-state index in [0.717, 1.165) is 18.4 Å². The number of ether oxygens (including phenoxy) is 1. The zero-order valence-corrected chi connectivity index (χ0v) is 11.1. The molecule has 0 N–H and O–H groups in total. The molecule has 1 aromatic heterocycles. The van der Waals surface area contributed by atoms with Gasteiger partial charge in [-0.25, -0.2) is 0 Å². The van der Waals surface area contributed by atoms with Gasteiger partial charge < -0.3 is 4.74 Å². The Morgan fingerprint density at radius 3 is 2.89 bits per heavy atom. The van der Waals surface area contributed by atoms with E-state index in [1.165, 1.54) is 11.8 Å². The summed E-state index contributed by atoms with van der Waals surface area (Å²) >= 11 is 5.97. The quantitative estimate of drug-likeness (QED) is 0.865. The number of benzene rings is 1. The Hall–Kier alpha value is -1.88. The molecule has 1 heterocycles. The third-order valence-corrected chi connectivity index (χ3v) is 3.22. The van der Waals surface area contributed by atoms with E-state index in [-0.39, 0.29) is 17.8 Å². The van der Waals surface area contributed by atoms with Crippen LogP contribution in [-0.2, 0) is 0 Å². The summed E-state index contributed by atoms with van der Waals surface area (Å²) in [7, 11) is 1.48. The van der Waals surface area contributed by atoms with Crippen molar-refractivity contribution in [1.82, 2.24) is 14.8 Å². The van der Waals surface area contributed by atoms with Crippen molar-refractivity contribution in [2.45, 2.75) is 12.8 Å². The molecule has 0 saturated heterocycles. The lowest BCUT2D eigenvalue weighted by atomic mass is 10.2. The van der Waals surface area contributed by atoms with E-state index < -0.39 is 0 Å². The Morgan fingerprint density at radius 1 is 1.47 bits per heavy atom. The molecule has 1 aliphatic rings. The van der Waals surface area contributed by atoms with Gasteiger partial charge in [-0.2, -0.15) is 9.67 Å². The molecule has 6 heteroatoms. The maximum absolute atomic E-state index is 12.2. The maximum Gasteiger partial charge on any atom is 0.336 e. The molecule has 98 valence electrons. The zero-order valence-electron chi connectivity index (χ0n) is 10.3. The van der Waals surface area contributed by atoms with Gasteiger partial charge in [0.05, 0.1) is 7.11 Å². The highest BCUT2D eigenvalue weighted by Crippen LogP contribution is 2.32. The Morgan fingerprint density at radius 2 is 2.26 bits per heavy atom. The summed E-state index contributed by atoms with van der Waals surface area (Å²) in [5, 5.41) is 4.67. The topological polar surface area (TPSA) is 57.0 Å². The molecule has 0 unspecified atom stereocenters. The molecular formula is C13H12ClN3O2. The Labute approximate surface area is 115 Å². The highest BCUT2D eigenvalue weighted by atomic mass is 35.5. The number of hydrogen-bond acceptors (Lipinski definition) is 4. The second-order valence-corrected chi connectivity index (χ2v) is 4.89. The lowest BCUT2D eigenvalue weighted by molar-refractivity contribution is 0.0870. The van der Waals surface area contributed by atoms with E-state index in [9.17, 15) is 4.79 Å². The first-order valence-electron chi connectivity index (χ1n) is 6.00. The van der Waals surface area contributed by atoms with Crippen molar-refractivity contribution in [2.75, 3.05) is 7.11 Å². The van der Waals surface area contributed by atoms with E-state index in [1.807, 2.05) is 12.1 Å². The van der Waals surface area contributed by atoms with Crippen LogP contribution in [0.5, 0.6) is 6.01 Å². The van der Waals surface area contributed by atoms with Crippen LogP contribution in [0.2, 0.25) is 5.02 Å². The third-order valence-electron chi connectivity index (χ3n) is 2.99. The van der Waals surface area contributed by atoms with Crippen LogP contribution in [0.4, 0.5) is 0 Å². The van der Waals surface area contributed by atoms with Gasteiger partial charge in [-0.05, 0) is 25.0 Å². The number of carbonyl (C=O) groups excluding carboxylic acids is 1. The maximum atomic E-state index is 12.2. The largest absolute Gasteiger partial charge is 0.466 e. The lowest BCUT2D eigenvalue weighted by Gasteiger charge is -2.03. The summed E-state index contributed by atoms with van der Waals surface area (Å²) in [5.41, 5.74) is 0.748. The minimum atomic E-state index is -0.0363. The molecule has 0 spiro atoms. The van der Waals surface area contributed by atoms with Crippen LogP contribution in [-0.4, -0.2) is 27.8 Å². The predicted molar refractivity (Wildman–Crippen MR) is 70.4 cm³/mol. The molecule has 1 fully saturated rings. The van der Waals surface area contributed by atoms with Crippen molar-refractivity contribution in [1.29, 1.82) is 0 Å².